The molecule has 0 unspecified atom stereocenters. The number of nitrogens with zero attached hydrogens (tertiary/aromatic N) is 2. The van der Waals surface area contributed by atoms with Gasteiger partial charge in [-0.2, -0.15) is 0 Å². The Morgan fingerprint density at radius 2 is 2.11 bits per heavy atom. The van der Waals surface area contributed by atoms with Crippen LogP contribution < -0.4 is 5.32 Å². The first-order valence-corrected chi connectivity index (χ1v) is 8.07. The summed E-state index contributed by atoms with van der Waals surface area (Å²) in [5.74, 6) is 0. The summed E-state index contributed by atoms with van der Waals surface area (Å²) in [5.41, 5.74) is 0.868. The van der Waals surface area contributed by atoms with Gasteiger partial charge in [0.25, 0.3) is 0 Å². The number of rotatable bonds is 7. The lowest BCUT2D eigenvalue weighted by molar-refractivity contribution is 0.199. The molecule has 8 heteroatoms. The van der Waals surface area contributed by atoms with Gasteiger partial charge in [-0.15, -0.1) is 21.5 Å². The van der Waals surface area contributed by atoms with Crippen molar-refractivity contribution in [1.29, 1.82) is 0 Å². The van der Waals surface area contributed by atoms with Gasteiger partial charge in [0.05, 0.1) is 10.9 Å². The van der Waals surface area contributed by atoms with E-state index >= 15 is 0 Å². The number of hydrogen-bond acceptors (Lipinski definition) is 6. The monoisotopic (exact) mass is 337 g/mol. The zero-order valence-corrected chi connectivity index (χ0v) is 13.4. The summed E-state index contributed by atoms with van der Waals surface area (Å²) in [6, 6.07) is 1.83. The number of aromatic nitrogens is 2. The largest absolute Gasteiger partial charge is 0.383 e. The first kappa shape index (κ1) is 15.2. The first-order chi connectivity index (χ1) is 9.20. The van der Waals surface area contributed by atoms with E-state index in [4.69, 9.17) is 27.9 Å². The SMILES string of the molecule is COCCNCCc1nnc(-c2cc(Cl)sc2Cl)s1. The van der Waals surface area contributed by atoms with Gasteiger partial charge in [-0.3, -0.25) is 0 Å². The number of halogens is 2. The minimum atomic E-state index is 0.658. The maximum atomic E-state index is 6.10. The molecule has 0 atom stereocenters. The topological polar surface area (TPSA) is 47.0 Å². The summed E-state index contributed by atoms with van der Waals surface area (Å²) in [6.45, 7) is 2.41. The Morgan fingerprint density at radius 1 is 1.26 bits per heavy atom. The van der Waals surface area contributed by atoms with E-state index in [9.17, 15) is 0 Å². The number of nitrogens with one attached hydrogen (secondary N) is 1. The van der Waals surface area contributed by atoms with E-state index in [2.05, 4.69) is 15.5 Å². The van der Waals surface area contributed by atoms with Crippen molar-refractivity contribution >= 4 is 45.9 Å². The molecule has 19 heavy (non-hydrogen) atoms. The Hall–Kier alpha value is -0.240. The number of ether oxygens (including phenoxy) is 1. The minimum Gasteiger partial charge on any atom is -0.383 e. The highest BCUT2D eigenvalue weighted by Gasteiger charge is 2.13. The lowest BCUT2D eigenvalue weighted by Gasteiger charge is -2.00. The Morgan fingerprint density at radius 3 is 2.79 bits per heavy atom. The minimum absolute atomic E-state index is 0.658. The molecular weight excluding hydrogens is 325 g/mol. The van der Waals surface area contributed by atoms with E-state index in [1.807, 2.05) is 6.07 Å². The second-order valence-electron chi connectivity index (χ2n) is 3.73. The molecule has 0 aliphatic heterocycles. The van der Waals surface area contributed by atoms with Crippen LogP contribution in [0.4, 0.5) is 0 Å². The molecule has 104 valence electrons. The molecule has 0 saturated carbocycles. The van der Waals surface area contributed by atoms with Crippen molar-refractivity contribution in [3.63, 3.8) is 0 Å². The smallest absolute Gasteiger partial charge is 0.150 e. The molecule has 0 fully saturated rings. The molecule has 2 rings (SSSR count). The molecular formula is C11H13Cl2N3OS2. The van der Waals surface area contributed by atoms with Gasteiger partial charge in [0, 0.05) is 32.2 Å². The number of hydrogen-bond donors (Lipinski definition) is 1. The second-order valence-corrected chi connectivity index (χ2v) is 7.08. The van der Waals surface area contributed by atoms with Crippen LogP contribution in [0.1, 0.15) is 5.01 Å². The van der Waals surface area contributed by atoms with Gasteiger partial charge in [0.15, 0.2) is 0 Å². The average Bonchev–Trinajstić information content (AvgIpc) is 2.95. The highest BCUT2D eigenvalue weighted by atomic mass is 35.5. The summed E-state index contributed by atoms with van der Waals surface area (Å²) in [4.78, 5) is 0. The van der Waals surface area contributed by atoms with Crippen molar-refractivity contribution in [1.82, 2.24) is 15.5 Å². The molecule has 4 nitrogen and oxygen atoms in total. The third-order valence-corrected chi connectivity index (χ3v) is 4.86. The Balaban J connectivity index is 1.90. The molecule has 0 aliphatic carbocycles. The van der Waals surface area contributed by atoms with E-state index in [1.54, 1.807) is 18.4 Å². The highest BCUT2D eigenvalue weighted by molar-refractivity contribution is 7.21. The second kappa shape index (κ2) is 7.52. The van der Waals surface area contributed by atoms with Gasteiger partial charge in [-0.05, 0) is 6.07 Å². The van der Waals surface area contributed by atoms with Crippen LogP contribution in [0.2, 0.25) is 8.67 Å². The van der Waals surface area contributed by atoms with Crippen LogP contribution in [-0.2, 0) is 11.2 Å². The molecule has 2 heterocycles. The molecule has 0 radical (unpaired) electrons. The molecule has 0 saturated heterocycles. The maximum Gasteiger partial charge on any atom is 0.150 e. The lowest BCUT2D eigenvalue weighted by atomic mass is 10.4. The van der Waals surface area contributed by atoms with E-state index in [-0.39, 0.29) is 0 Å². The van der Waals surface area contributed by atoms with Crippen LogP contribution in [-0.4, -0.2) is 37.0 Å². The Bertz CT molecular complexity index is 530. The number of thiophene rings is 1. The van der Waals surface area contributed by atoms with Crippen molar-refractivity contribution in [2.75, 3.05) is 26.8 Å². The fourth-order valence-corrected chi connectivity index (χ4v) is 3.89. The van der Waals surface area contributed by atoms with Crippen LogP contribution in [0.5, 0.6) is 0 Å². The fraction of sp³-hybridized carbons (Fsp3) is 0.455. The summed E-state index contributed by atoms with van der Waals surface area (Å²) in [7, 11) is 1.69. The predicted octanol–water partition coefficient (Wildman–Crippen LogP) is 3.35. The third-order valence-electron chi connectivity index (χ3n) is 2.35. The van der Waals surface area contributed by atoms with E-state index < -0.39 is 0 Å². The van der Waals surface area contributed by atoms with Gasteiger partial charge < -0.3 is 10.1 Å². The van der Waals surface area contributed by atoms with Crippen molar-refractivity contribution < 1.29 is 4.74 Å². The van der Waals surface area contributed by atoms with Crippen molar-refractivity contribution in [2.45, 2.75) is 6.42 Å². The van der Waals surface area contributed by atoms with Gasteiger partial charge >= 0.3 is 0 Å². The summed E-state index contributed by atoms with van der Waals surface area (Å²) in [5, 5.41) is 13.4. The molecule has 0 aromatic carbocycles. The molecule has 2 aromatic rings. The fourth-order valence-electron chi connectivity index (χ4n) is 1.44. The van der Waals surface area contributed by atoms with Crippen LogP contribution in [0.3, 0.4) is 0 Å². The summed E-state index contributed by atoms with van der Waals surface area (Å²) >= 11 is 14.9. The Labute approximate surface area is 129 Å². The van der Waals surface area contributed by atoms with Crippen LogP contribution in [0, 0.1) is 0 Å². The molecule has 1 N–H and O–H groups in total. The van der Waals surface area contributed by atoms with Crippen LogP contribution in [0.25, 0.3) is 10.6 Å². The maximum absolute atomic E-state index is 6.10. The molecule has 2 aromatic heterocycles. The predicted molar refractivity (Wildman–Crippen MR) is 81.7 cm³/mol. The third kappa shape index (κ3) is 4.37. The van der Waals surface area contributed by atoms with E-state index in [0.717, 1.165) is 35.1 Å². The van der Waals surface area contributed by atoms with Gasteiger partial charge in [0.1, 0.15) is 14.4 Å². The number of methoxy groups -OCH3 is 1. The lowest BCUT2D eigenvalue weighted by Crippen LogP contribution is -2.21. The average molecular weight is 338 g/mol. The van der Waals surface area contributed by atoms with Gasteiger partial charge in [-0.25, -0.2) is 0 Å². The normalized spacial score (nSPS) is 11.1. The van der Waals surface area contributed by atoms with Gasteiger partial charge in [-0.1, -0.05) is 34.5 Å². The van der Waals surface area contributed by atoms with E-state index in [1.165, 1.54) is 11.3 Å². The highest BCUT2D eigenvalue weighted by Crippen LogP contribution is 2.39. The standard InChI is InChI=1S/C11H13Cl2N3OS2/c1-17-5-4-14-3-2-9-15-16-11(19-9)7-6-8(12)18-10(7)13/h6,14H,2-5H2,1H3. The Kier molecular flexibility index (Phi) is 6.00. The van der Waals surface area contributed by atoms with Crippen LogP contribution >= 0.6 is 45.9 Å². The molecule has 0 amide bonds. The van der Waals surface area contributed by atoms with Crippen molar-refractivity contribution in [3.8, 4) is 10.6 Å². The van der Waals surface area contributed by atoms with E-state index in [0.29, 0.717) is 15.3 Å². The zero-order valence-electron chi connectivity index (χ0n) is 10.3. The summed E-state index contributed by atoms with van der Waals surface area (Å²) < 4.78 is 6.28. The first-order valence-electron chi connectivity index (χ1n) is 5.68. The molecule has 0 aliphatic rings. The van der Waals surface area contributed by atoms with Crippen molar-refractivity contribution in [2.24, 2.45) is 0 Å². The van der Waals surface area contributed by atoms with Crippen LogP contribution in [0.15, 0.2) is 6.07 Å². The van der Waals surface area contributed by atoms with Gasteiger partial charge in [0.2, 0.25) is 0 Å². The summed E-state index contributed by atoms with van der Waals surface area (Å²) in [6.07, 6.45) is 0.844. The molecule has 0 spiro atoms. The van der Waals surface area contributed by atoms with Crippen molar-refractivity contribution in [3.05, 3.63) is 19.7 Å². The molecule has 0 bridgehead atoms. The zero-order chi connectivity index (χ0) is 13.7. The quantitative estimate of drug-likeness (QED) is 0.787.